The van der Waals surface area contributed by atoms with E-state index in [0.717, 1.165) is 30.6 Å². The molecule has 0 saturated carbocycles. The quantitative estimate of drug-likeness (QED) is 0.802. The molecule has 0 saturated heterocycles. The number of aliphatic hydroxyl groups excluding tert-OH is 1. The molecule has 0 radical (unpaired) electrons. The Hall–Kier alpha value is -1.22. The van der Waals surface area contributed by atoms with Gasteiger partial charge in [-0.2, -0.15) is 0 Å². The van der Waals surface area contributed by atoms with E-state index in [1.807, 2.05) is 12.1 Å². The number of rotatable bonds is 2. The third kappa shape index (κ3) is 2.39. The minimum absolute atomic E-state index is 0.387. The molecule has 1 aromatic rings. The van der Waals surface area contributed by atoms with Crippen molar-refractivity contribution in [2.45, 2.75) is 32.3 Å². The van der Waals surface area contributed by atoms with Crippen LogP contribution in [0.3, 0.4) is 0 Å². The van der Waals surface area contributed by atoms with Crippen LogP contribution in [0.5, 0.6) is 11.5 Å². The molecule has 1 aromatic carbocycles. The summed E-state index contributed by atoms with van der Waals surface area (Å²) in [7, 11) is 3.26. The van der Waals surface area contributed by atoms with Gasteiger partial charge in [-0.1, -0.05) is 6.92 Å². The molecule has 0 spiro atoms. The van der Waals surface area contributed by atoms with Crippen molar-refractivity contribution < 1.29 is 14.6 Å². The normalized spacial score (nSPS) is 23.8. The summed E-state index contributed by atoms with van der Waals surface area (Å²) < 4.78 is 10.6. The van der Waals surface area contributed by atoms with Crippen molar-refractivity contribution in [1.82, 2.24) is 0 Å². The highest BCUT2D eigenvalue weighted by Gasteiger charge is 2.22. The first-order valence-electron chi connectivity index (χ1n) is 6.08. The zero-order chi connectivity index (χ0) is 12.4. The molecule has 2 rings (SSSR count). The fraction of sp³-hybridized carbons (Fsp3) is 0.571. The molecule has 0 amide bonds. The zero-order valence-electron chi connectivity index (χ0n) is 10.7. The molecule has 0 heterocycles. The summed E-state index contributed by atoms with van der Waals surface area (Å²) in [6.07, 6.45) is 2.54. The average Bonchev–Trinajstić information content (AvgIpc) is 2.47. The van der Waals surface area contributed by atoms with Crippen molar-refractivity contribution in [3.05, 3.63) is 23.3 Å². The minimum atomic E-state index is -0.387. The topological polar surface area (TPSA) is 38.7 Å². The van der Waals surface area contributed by atoms with E-state index in [2.05, 4.69) is 6.92 Å². The van der Waals surface area contributed by atoms with Crippen molar-refractivity contribution in [1.29, 1.82) is 0 Å². The maximum atomic E-state index is 10.2. The van der Waals surface area contributed by atoms with Crippen molar-refractivity contribution in [2.75, 3.05) is 14.2 Å². The number of hydrogen-bond acceptors (Lipinski definition) is 3. The number of ether oxygens (including phenoxy) is 2. The Labute approximate surface area is 102 Å². The summed E-state index contributed by atoms with van der Waals surface area (Å²) in [6.45, 7) is 2.18. The molecule has 1 N–H and O–H groups in total. The first-order valence-corrected chi connectivity index (χ1v) is 6.08. The highest BCUT2D eigenvalue weighted by molar-refractivity contribution is 5.48. The van der Waals surface area contributed by atoms with E-state index < -0.39 is 0 Å². The molecule has 3 heteroatoms. The monoisotopic (exact) mass is 236 g/mol. The lowest BCUT2D eigenvalue weighted by Gasteiger charge is -2.16. The molecule has 3 nitrogen and oxygen atoms in total. The van der Waals surface area contributed by atoms with Crippen LogP contribution < -0.4 is 9.47 Å². The van der Waals surface area contributed by atoms with Crippen molar-refractivity contribution >= 4 is 0 Å². The van der Waals surface area contributed by atoms with Gasteiger partial charge in [0.25, 0.3) is 0 Å². The number of benzene rings is 1. The molecule has 0 bridgehead atoms. The summed E-state index contributed by atoms with van der Waals surface area (Å²) in [5.74, 6) is 1.99. The van der Waals surface area contributed by atoms with Crippen LogP contribution in [-0.2, 0) is 6.42 Å². The van der Waals surface area contributed by atoms with Crippen LogP contribution in [0.2, 0.25) is 0 Å². The van der Waals surface area contributed by atoms with E-state index in [1.165, 1.54) is 5.56 Å². The molecular weight excluding hydrogens is 216 g/mol. The molecule has 1 aliphatic carbocycles. The van der Waals surface area contributed by atoms with Crippen molar-refractivity contribution in [2.24, 2.45) is 5.92 Å². The number of aryl methyl sites for hydroxylation is 1. The van der Waals surface area contributed by atoms with Crippen LogP contribution in [0.15, 0.2) is 12.1 Å². The predicted octanol–water partition coefficient (Wildman–Crippen LogP) is 2.71. The number of hydrogen-bond donors (Lipinski definition) is 1. The van der Waals surface area contributed by atoms with Gasteiger partial charge in [-0.05, 0) is 48.4 Å². The van der Waals surface area contributed by atoms with E-state index in [4.69, 9.17) is 9.47 Å². The Morgan fingerprint density at radius 3 is 2.47 bits per heavy atom. The van der Waals surface area contributed by atoms with Crippen LogP contribution in [0.1, 0.15) is 37.0 Å². The number of fused-ring (bicyclic) bond motifs is 1. The predicted molar refractivity (Wildman–Crippen MR) is 66.6 cm³/mol. The van der Waals surface area contributed by atoms with Gasteiger partial charge in [0.05, 0.1) is 20.3 Å². The van der Waals surface area contributed by atoms with Crippen LogP contribution in [0.25, 0.3) is 0 Å². The molecule has 1 aliphatic rings. The fourth-order valence-corrected chi connectivity index (χ4v) is 2.49. The molecule has 0 aliphatic heterocycles. The summed E-state index contributed by atoms with van der Waals surface area (Å²) >= 11 is 0. The lowest BCUT2D eigenvalue weighted by atomic mass is 9.99. The molecule has 0 fully saturated rings. The highest BCUT2D eigenvalue weighted by atomic mass is 16.5. The van der Waals surface area contributed by atoms with Crippen molar-refractivity contribution in [3.8, 4) is 11.5 Å². The van der Waals surface area contributed by atoms with E-state index in [9.17, 15) is 5.11 Å². The Morgan fingerprint density at radius 2 is 1.82 bits per heavy atom. The van der Waals surface area contributed by atoms with Crippen molar-refractivity contribution in [3.63, 3.8) is 0 Å². The SMILES string of the molecule is COc1cc2c(cc1OC)C(O)CC(C)CC2. The maximum absolute atomic E-state index is 10.2. The largest absolute Gasteiger partial charge is 0.493 e. The van der Waals surface area contributed by atoms with Gasteiger partial charge in [-0.3, -0.25) is 0 Å². The lowest BCUT2D eigenvalue weighted by Crippen LogP contribution is -2.03. The Kier molecular flexibility index (Phi) is 3.57. The first-order chi connectivity index (χ1) is 8.15. The molecule has 17 heavy (non-hydrogen) atoms. The van der Waals surface area contributed by atoms with Crippen LogP contribution >= 0.6 is 0 Å². The summed E-state index contributed by atoms with van der Waals surface area (Å²) in [4.78, 5) is 0. The van der Waals surface area contributed by atoms with E-state index in [0.29, 0.717) is 11.7 Å². The minimum Gasteiger partial charge on any atom is -0.493 e. The second-order valence-electron chi connectivity index (χ2n) is 4.80. The lowest BCUT2D eigenvalue weighted by molar-refractivity contribution is 0.149. The molecular formula is C14H20O3. The van der Waals surface area contributed by atoms with Gasteiger partial charge >= 0.3 is 0 Å². The molecule has 94 valence electrons. The Bertz CT molecular complexity index is 401. The van der Waals surface area contributed by atoms with Crippen LogP contribution in [-0.4, -0.2) is 19.3 Å². The number of aliphatic hydroxyl groups is 1. The number of methoxy groups -OCH3 is 2. The third-order valence-corrected chi connectivity index (χ3v) is 3.54. The average molecular weight is 236 g/mol. The van der Waals surface area contributed by atoms with Gasteiger partial charge in [-0.25, -0.2) is 0 Å². The third-order valence-electron chi connectivity index (χ3n) is 3.54. The van der Waals surface area contributed by atoms with E-state index >= 15 is 0 Å². The second kappa shape index (κ2) is 4.96. The summed E-state index contributed by atoms with van der Waals surface area (Å²) in [5, 5.41) is 10.2. The smallest absolute Gasteiger partial charge is 0.161 e. The van der Waals surface area contributed by atoms with Gasteiger partial charge < -0.3 is 14.6 Å². The summed E-state index contributed by atoms with van der Waals surface area (Å²) in [6, 6.07) is 3.91. The zero-order valence-corrected chi connectivity index (χ0v) is 10.7. The van der Waals surface area contributed by atoms with E-state index in [1.54, 1.807) is 14.2 Å². The van der Waals surface area contributed by atoms with Gasteiger partial charge in [0.1, 0.15) is 0 Å². The fourth-order valence-electron chi connectivity index (χ4n) is 2.49. The van der Waals surface area contributed by atoms with Gasteiger partial charge in [-0.15, -0.1) is 0 Å². The van der Waals surface area contributed by atoms with Crippen LogP contribution in [0.4, 0.5) is 0 Å². The van der Waals surface area contributed by atoms with Gasteiger partial charge in [0.2, 0.25) is 0 Å². The molecule has 2 atom stereocenters. The summed E-state index contributed by atoms with van der Waals surface area (Å²) in [5.41, 5.74) is 2.17. The standard InChI is InChI=1S/C14H20O3/c1-9-4-5-10-7-13(16-2)14(17-3)8-11(10)12(15)6-9/h7-9,12,15H,4-6H2,1-3H3. The van der Waals surface area contributed by atoms with Gasteiger partial charge in [0, 0.05) is 0 Å². The second-order valence-corrected chi connectivity index (χ2v) is 4.80. The Balaban J connectivity index is 2.45. The highest BCUT2D eigenvalue weighted by Crippen LogP contribution is 2.38. The van der Waals surface area contributed by atoms with Gasteiger partial charge in [0.15, 0.2) is 11.5 Å². The molecule has 0 aromatic heterocycles. The maximum Gasteiger partial charge on any atom is 0.161 e. The van der Waals surface area contributed by atoms with Crippen LogP contribution in [0, 0.1) is 5.92 Å². The van der Waals surface area contributed by atoms with E-state index in [-0.39, 0.29) is 6.10 Å². The first kappa shape index (κ1) is 12.2. The Morgan fingerprint density at radius 1 is 1.18 bits per heavy atom. The molecule has 2 unspecified atom stereocenters.